The third-order valence-electron chi connectivity index (χ3n) is 3.67. The minimum Gasteiger partial charge on any atom is -0.451 e. The fraction of sp³-hybridized carbons (Fsp3) is 0.111. The molecule has 0 saturated heterocycles. The topological polar surface area (TPSA) is 55.4 Å². The lowest BCUT2D eigenvalue weighted by Gasteiger charge is -2.14. The van der Waals surface area contributed by atoms with Crippen LogP contribution in [-0.4, -0.2) is 18.5 Å². The van der Waals surface area contributed by atoms with Gasteiger partial charge in [0, 0.05) is 20.1 Å². The lowest BCUT2D eigenvalue weighted by atomic mass is 10.1. The Hall–Kier alpha value is -2.00. The predicted octanol–water partition coefficient (Wildman–Crippen LogP) is 6.68. The molecule has 0 unspecified atom stereocenters. The van der Waals surface area contributed by atoms with Gasteiger partial charge in [0.15, 0.2) is 6.61 Å². The van der Waals surface area contributed by atoms with Crippen molar-refractivity contribution < 1.29 is 27.5 Å². The van der Waals surface area contributed by atoms with E-state index in [4.69, 9.17) is 39.5 Å². The van der Waals surface area contributed by atoms with Gasteiger partial charge in [-0.15, -0.1) is 11.3 Å². The van der Waals surface area contributed by atoms with Crippen LogP contribution in [-0.2, 0) is 15.7 Å². The Labute approximate surface area is 181 Å². The number of carbonyl (C=O) groups is 2. The number of nitrogens with one attached hydrogen (secondary N) is 1. The molecule has 3 aromatic rings. The standard InChI is InChI=1S/C18H9Cl3F3NO3S/c19-8-2-4-12(11(5-8)18(22,23)24)25-14(26)7-28-17(27)16-15(21)10-3-1-9(20)6-13(10)29-16/h1-6H,7H2,(H,25,26). The van der Waals surface area contributed by atoms with Crippen LogP contribution < -0.4 is 5.32 Å². The number of hydrogen-bond acceptors (Lipinski definition) is 4. The molecule has 0 saturated carbocycles. The van der Waals surface area contributed by atoms with Crippen molar-refractivity contribution in [1.82, 2.24) is 0 Å². The van der Waals surface area contributed by atoms with E-state index in [1.54, 1.807) is 18.2 Å². The number of benzene rings is 2. The van der Waals surface area contributed by atoms with Gasteiger partial charge in [0.2, 0.25) is 0 Å². The fourth-order valence-electron chi connectivity index (χ4n) is 2.41. The maximum atomic E-state index is 13.1. The van der Waals surface area contributed by atoms with E-state index in [2.05, 4.69) is 5.32 Å². The van der Waals surface area contributed by atoms with Crippen LogP contribution >= 0.6 is 46.1 Å². The molecule has 1 amide bonds. The molecule has 2 aromatic carbocycles. The minimum atomic E-state index is -4.73. The van der Waals surface area contributed by atoms with Gasteiger partial charge in [-0.05, 0) is 30.3 Å². The van der Waals surface area contributed by atoms with Crippen LogP contribution in [0.1, 0.15) is 15.2 Å². The monoisotopic (exact) mass is 481 g/mol. The summed E-state index contributed by atoms with van der Waals surface area (Å²) in [5.41, 5.74) is -1.62. The molecule has 1 aromatic heterocycles. The summed E-state index contributed by atoms with van der Waals surface area (Å²) in [6, 6.07) is 7.76. The Balaban J connectivity index is 1.70. The summed E-state index contributed by atoms with van der Waals surface area (Å²) in [5.74, 6) is -1.83. The molecule has 0 aliphatic carbocycles. The van der Waals surface area contributed by atoms with Crippen molar-refractivity contribution in [2.75, 3.05) is 11.9 Å². The Kier molecular flexibility index (Phi) is 6.28. The lowest BCUT2D eigenvalue weighted by molar-refractivity contribution is -0.137. The average Bonchev–Trinajstić information content (AvgIpc) is 2.96. The van der Waals surface area contributed by atoms with Gasteiger partial charge in [-0.25, -0.2) is 4.79 Å². The number of thiophene rings is 1. The smallest absolute Gasteiger partial charge is 0.418 e. The van der Waals surface area contributed by atoms with E-state index in [1.807, 2.05) is 0 Å². The maximum absolute atomic E-state index is 13.1. The number of rotatable bonds is 4. The molecule has 4 nitrogen and oxygen atoms in total. The third kappa shape index (κ3) is 4.95. The highest BCUT2D eigenvalue weighted by molar-refractivity contribution is 7.21. The highest BCUT2D eigenvalue weighted by Crippen LogP contribution is 2.38. The molecule has 152 valence electrons. The van der Waals surface area contributed by atoms with Crippen molar-refractivity contribution in [3.05, 3.63) is 61.9 Å². The number of hydrogen-bond donors (Lipinski definition) is 1. The van der Waals surface area contributed by atoms with E-state index >= 15 is 0 Å². The summed E-state index contributed by atoms with van der Waals surface area (Å²) < 4.78 is 44.7. The summed E-state index contributed by atoms with van der Waals surface area (Å²) in [6.07, 6.45) is -4.73. The van der Waals surface area contributed by atoms with Crippen LogP contribution in [0.4, 0.5) is 18.9 Å². The van der Waals surface area contributed by atoms with Crippen molar-refractivity contribution >= 4 is 73.8 Å². The van der Waals surface area contributed by atoms with Crippen molar-refractivity contribution in [1.29, 1.82) is 0 Å². The first kappa shape index (κ1) is 21.7. The highest BCUT2D eigenvalue weighted by atomic mass is 35.5. The average molecular weight is 483 g/mol. The molecule has 0 spiro atoms. The molecule has 3 rings (SSSR count). The van der Waals surface area contributed by atoms with Gasteiger partial charge >= 0.3 is 12.1 Å². The first-order chi connectivity index (χ1) is 13.6. The van der Waals surface area contributed by atoms with Gasteiger partial charge in [-0.3, -0.25) is 4.79 Å². The molecule has 0 bridgehead atoms. The zero-order valence-electron chi connectivity index (χ0n) is 14.1. The molecule has 0 aliphatic rings. The van der Waals surface area contributed by atoms with E-state index in [1.165, 1.54) is 6.07 Å². The third-order valence-corrected chi connectivity index (χ3v) is 5.78. The van der Waals surface area contributed by atoms with E-state index in [0.29, 0.717) is 21.2 Å². The summed E-state index contributed by atoms with van der Waals surface area (Å²) in [7, 11) is 0. The SMILES string of the molecule is O=C(COC(=O)c1sc2cc(Cl)ccc2c1Cl)Nc1ccc(Cl)cc1C(F)(F)F. The van der Waals surface area contributed by atoms with Gasteiger partial charge in [0.1, 0.15) is 4.88 Å². The zero-order valence-corrected chi connectivity index (χ0v) is 17.2. The second-order valence-electron chi connectivity index (χ2n) is 5.70. The van der Waals surface area contributed by atoms with Crippen molar-refractivity contribution in [2.24, 2.45) is 0 Å². The number of esters is 1. The number of halogens is 6. The van der Waals surface area contributed by atoms with Crippen molar-refractivity contribution in [3.63, 3.8) is 0 Å². The molecule has 1 heterocycles. The Morgan fingerprint density at radius 3 is 2.38 bits per heavy atom. The molecule has 0 aliphatic heterocycles. The van der Waals surface area contributed by atoms with Crippen LogP contribution in [0.15, 0.2) is 36.4 Å². The van der Waals surface area contributed by atoms with Crippen molar-refractivity contribution in [2.45, 2.75) is 6.18 Å². The summed E-state index contributed by atoms with van der Waals surface area (Å²) in [5, 5.41) is 3.11. The molecule has 0 radical (unpaired) electrons. The Morgan fingerprint density at radius 1 is 1.03 bits per heavy atom. The number of alkyl halides is 3. The van der Waals surface area contributed by atoms with Gasteiger partial charge in [-0.1, -0.05) is 40.9 Å². The van der Waals surface area contributed by atoms with E-state index in [0.717, 1.165) is 17.4 Å². The Bertz CT molecular complexity index is 1110. The molecule has 11 heteroatoms. The van der Waals surface area contributed by atoms with Crippen LogP contribution in [0.3, 0.4) is 0 Å². The van der Waals surface area contributed by atoms with Crippen molar-refractivity contribution in [3.8, 4) is 0 Å². The second kappa shape index (κ2) is 8.39. The summed E-state index contributed by atoms with van der Waals surface area (Å²) >= 11 is 18.7. The molecular weight excluding hydrogens is 474 g/mol. The number of carbonyl (C=O) groups excluding carboxylic acids is 2. The van der Waals surface area contributed by atoms with Gasteiger partial charge in [0.05, 0.1) is 16.3 Å². The number of amides is 1. The fourth-order valence-corrected chi connectivity index (χ4v) is 4.26. The molecule has 0 fully saturated rings. The predicted molar refractivity (Wildman–Crippen MR) is 107 cm³/mol. The quantitative estimate of drug-likeness (QED) is 0.422. The number of ether oxygens (including phenoxy) is 1. The molecule has 1 N–H and O–H groups in total. The van der Waals surface area contributed by atoms with Crippen LogP contribution in [0.5, 0.6) is 0 Å². The number of anilines is 1. The number of fused-ring (bicyclic) bond motifs is 1. The lowest BCUT2D eigenvalue weighted by Crippen LogP contribution is -2.22. The van der Waals surface area contributed by atoms with Gasteiger partial charge in [-0.2, -0.15) is 13.2 Å². The molecule has 29 heavy (non-hydrogen) atoms. The minimum absolute atomic E-state index is 0.0548. The zero-order chi connectivity index (χ0) is 21.3. The second-order valence-corrected chi connectivity index (χ2v) is 8.00. The normalized spacial score (nSPS) is 11.5. The molecule has 0 atom stereocenters. The van der Waals surface area contributed by atoms with Crippen LogP contribution in [0.25, 0.3) is 10.1 Å². The van der Waals surface area contributed by atoms with Gasteiger partial charge in [0.25, 0.3) is 5.91 Å². The van der Waals surface area contributed by atoms with E-state index < -0.39 is 35.9 Å². The summed E-state index contributed by atoms with van der Waals surface area (Å²) in [6.45, 7) is -0.802. The first-order valence-corrected chi connectivity index (χ1v) is 9.72. The van der Waals surface area contributed by atoms with Crippen LogP contribution in [0, 0.1) is 0 Å². The maximum Gasteiger partial charge on any atom is 0.418 e. The summed E-state index contributed by atoms with van der Waals surface area (Å²) in [4.78, 5) is 24.3. The highest BCUT2D eigenvalue weighted by Gasteiger charge is 2.34. The van der Waals surface area contributed by atoms with Crippen LogP contribution in [0.2, 0.25) is 15.1 Å². The van der Waals surface area contributed by atoms with E-state index in [9.17, 15) is 22.8 Å². The van der Waals surface area contributed by atoms with Gasteiger partial charge < -0.3 is 10.1 Å². The first-order valence-electron chi connectivity index (χ1n) is 7.77. The van der Waals surface area contributed by atoms with E-state index in [-0.39, 0.29) is 14.9 Å². The Morgan fingerprint density at radius 2 is 1.69 bits per heavy atom. The molecular formula is C18H9Cl3F3NO3S. The largest absolute Gasteiger partial charge is 0.451 e.